The summed E-state index contributed by atoms with van der Waals surface area (Å²) in [7, 11) is 0. The Balaban J connectivity index is 2.17. The van der Waals surface area contributed by atoms with Gasteiger partial charge >= 0.3 is 6.18 Å². The first-order chi connectivity index (χ1) is 10.7. The lowest BCUT2D eigenvalue weighted by atomic mass is 10.2. The van der Waals surface area contributed by atoms with E-state index in [2.05, 4.69) is 10.00 Å². The van der Waals surface area contributed by atoms with Gasteiger partial charge in [0.05, 0.1) is 10.7 Å². The molecule has 1 aromatic rings. The van der Waals surface area contributed by atoms with E-state index in [9.17, 15) is 18.0 Å². The summed E-state index contributed by atoms with van der Waals surface area (Å²) < 4.78 is 39.7. The lowest BCUT2D eigenvalue weighted by molar-refractivity contribution is -0.142. The molecule has 0 unspecified atom stereocenters. The fourth-order valence-corrected chi connectivity index (χ4v) is 2.94. The summed E-state index contributed by atoms with van der Waals surface area (Å²) in [5.74, 6) is -0.239. The molecular formula is C14H20ClF3N4O. The molecule has 1 aliphatic heterocycles. The molecule has 1 amide bonds. The first kappa shape index (κ1) is 18.1. The normalized spacial score (nSPS) is 18.3. The molecule has 23 heavy (non-hydrogen) atoms. The number of alkyl halides is 3. The second kappa shape index (κ2) is 6.68. The van der Waals surface area contributed by atoms with Gasteiger partial charge in [-0.2, -0.15) is 18.3 Å². The number of carbonyl (C=O) groups is 1. The summed E-state index contributed by atoms with van der Waals surface area (Å²) in [6.45, 7) is 8.61. The number of carbonyl (C=O) groups excluding carboxylic acids is 1. The molecule has 0 aromatic carbocycles. The molecule has 2 rings (SSSR count). The number of rotatable bonds is 3. The number of amides is 1. The maximum absolute atomic E-state index is 12.9. The molecule has 1 saturated heterocycles. The Labute approximate surface area is 138 Å². The van der Waals surface area contributed by atoms with Crippen LogP contribution in [0.1, 0.15) is 31.3 Å². The first-order valence-electron chi connectivity index (χ1n) is 7.49. The zero-order chi connectivity index (χ0) is 17.4. The van der Waals surface area contributed by atoms with Crippen molar-refractivity contribution < 1.29 is 18.0 Å². The van der Waals surface area contributed by atoms with Crippen LogP contribution in [0.2, 0.25) is 5.02 Å². The highest BCUT2D eigenvalue weighted by molar-refractivity contribution is 6.32. The Morgan fingerprint density at radius 1 is 1.30 bits per heavy atom. The molecule has 0 spiro atoms. The zero-order valence-corrected chi connectivity index (χ0v) is 14.1. The molecule has 0 N–H and O–H groups in total. The third-order valence-electron chi connectivity index (χ3n) is 4.20. The summed E-state index contributed by atoms with van der Waals surface area (Å²) in [5, 5.41) is 3.08. The Bertz CT molecular complexity index is 579. The number of piperazine rings is 1. The number of hydrogen-bond donors (Lipinski definition) is 0. The van der Waals surface area contributed by atoms with Gasteiger partial charge in [0, 0.05) is 26.2 Å². The number of aromatic nitrogens is 2. The Morgan fingerprint density at radius 3 is 2.30 bits per heavy atom. The van der Waals surface area contributed by atoms with E-state index in [4.69, 9.17) is 11.6 Å². The smallest absolute Gasteiger partial charge is 0.338 e. The van der Waals surface area contributed by atoms with E-state index < -0.39 is 22.9 Å². The maximum Gasteiger partial charge on any atom is 0.436 e. The van der Waals surface area contributed by atoms with E-state index in [0.29, 0.717) is 13.1 Å². The van der Waals surface area contributed by atoms with Crippen LogP contribution in [0.25, 0.3) is 0 Å². The van der Waals surface area contributed by atoms with Crippen molar-refractivity contribution in [1.82, 2.24) is 19.6 Å². The maximum atomic E-state index is 12.9. The SMILES string of the molecule is CCN1CCN(C(=O)[C@H](C)n2nc(C(F)(F)F)c(Cl)c2C)CC1. The van der Waals surface area contributed by atoms with Crippen LogP contribution in [0.3, 0.4) is 0 Å². The van der Waals surface area contributed by atoms with Gasteiger partial charge in [-0.15, -0.1) is 0 Å². The van der Waals surface area contributed by atoms with Crippen molar-refractivity contribution >= 4 is 17.5 Å². The fourth-order valence-electron chi connectivity index (χ4n) is 2.71. The topological polar surface area (TPSA) is 41.4 Å². The lowest BCUT2D eigenvalue weighted by Crippen LogP contribution is -2.50. The largest absolute Gasteiger partial charge is 0.436 e. The third kappa shape index (κ3) is 3.63. The minimum atomic E-state index is -4.64. The van der Waals surface area contributed by atoms with E-state index in [1.807, 2.05) is 6.92 Å². The van der Waals surface area contributed by atoms with Gasteiger partial charge < -0.3 is 9.80 Å². The van der Waals surface area contributed by atoms with Crippen molar-refractivity contribution in [2.24, 2.45) is 0 Å². The Morgan fingerprint density at radius 2 is 1.87 bits per heavy atom. The molecule has 5 nitrogen and oxygen atoms in total. The molecule has 130 valence electrons. The van der Waals surface area contributed by atoms with Crippen molar-refractivity contribution in [1.29, 1.82) is 0 Å². The van der Waals surface area contributed by atoms with Gasteiger partial charge in [-0.1, -0.05) is 18.5 Å². The average molecular weight is 353 g/mol. The third-order valence-corrected chi connectivity index (χ3v) is 4.65. The molecule has 0 radical (unpaired) electrons. The van der Waals surface area contributed by atoms with Crippen molar-refractivity contribution in [3.8, 4) is 0 Å². The van der Waals surface area contributed by atoms with Gasteiger partial charge in [0.25, 0.3) is 0 Å². The summed E-state index contributed by atoms with van der Waals surface area (Å²) in [4.78, 5) is 16.4. The van der Waals surface area contributed by atoms with Gasteiger partial charge in [-0.3, -0.25) is 9.48 Å². The fraction of sp³-hybridized carbons (Fsp3) is 0.714. The van der Waals surface area contributed by atoms with E-state index in [1.54, 1.807) is 11.8 Å². The number of hydrogen-bond acceptors (Lipinski definition) is 3. The van der Waals surface area contributed by atoms with E-state index in [1.165, 1.54) is 6.92 Å². The van der Waals surface area contributed by atoms with Crippen molar-refractivity contribution in [3.63, 3.8) is 0 Å². The van der Waals surface area contributed by atoms with Crippen LogP contribution in [0, 0.1) is 6.92 Å². The molecule has 0 bridgehead atoms. The number of likely N-dealkylation sites (N-methyl/N-ethyl adjacent to an activating group) is 1. The van der Waals surface area contributed by atoms with Crippen LogP contribution < -0.4 is 0 Å². The quantitative estimate of drug-likeness (QED) is 0.839. The van der Waals surface area contributed by atoms with Crippen LogP contribution in [0.5, 0.6) is 0 Å². The van der Waals surface area contributed by atoms with Gasteiger partial charge in [-0.05, 0) is 20.4 Å². The minimum absolute atomic E-state index is 0.145. The molecule has 1 atom stereocenters. The van der Waals surface area contributed by atoms with E-state index in [-0.39, 0.29) is 11.6 Å². The molecule has 1 aromatic heterocycles. The summed E-state index contributed by atoms with van der Waals surface area (Å²) in [6, 6.07) is -0.822. The Kier molecular flexibility index (Phi) is 5.25. The number of halogens is 4. The highest BCUT2D eigenvalue weighted by atomic mass is 35.5. The standard InChI is InChI=1S/C14H20ClF3N4O/c1-4-20-5-7-21(8-6-20)13(23)10(3)22-9(2)11(15)12(19-22)14(16,17)18/h10H,4-8H2,1-3H3/t10-/m0/s1. The first-order valence-corrected chi connectivity index (χ1v) is 7.87. The summed E-state index contributed by atoms with van der Waals surface area (Å²) >= 11 is 5.74. The highest BCUT2D eigenvalue weighted by Gasteiger charge is 2.39. The van der Waals surface area contributed by atoms with Crippen molar-refractivity contribution in [2.45, 2.75) is 33.0 Å². The molecule has 2 heterocycles. The summed E-state index contributed by atoms with van der Waals surface area (Å²) in [6.07, 6.45) is -4.64. The Hall–Kier alpha value is -1.28. The van der Waals surface area contributed by atoms with Crippen LogP contribution in [0.4, 0.5) is 13.2 Å². The molecule has 1 aliphatic rings. The molecule has 0 saturated carbocycles. The van der Waals surface area contributed by atoms with Gasteiger partial charge in [0.1, 0.15) is 6.04 Å². The number of nitrogens with zero attached hydrogens (tertiary/aromatic N) is 4. The predicted molar refractivity (Wildman–Crippen MR) is 80.4 cm³/mol. The van der Waals surface area contributed by atoms with E-state index >= 15 is 0 Å². The minimum Gasteiger partial charge on any atom is -0.338 e. The van der Waals surface area contributed by atoms with Crippen LogP contribution in [-0.2, 0) is 11.0 Å². The lowest BCUT2D eigenvalue weighted by Gasteiger charge is -2.35. The molecular weight excluding hydrogens is 333 g/mol. The van der Waals surface area contributed by atoms with Crippen LogP contribution in [0.15, 0.2) is 0 Å². The van der Waals surface area contributed by atoms with Gasteiger partial charge in [-0.25, -0.2) is 0 Å². The predicted octanol–water partition coefficient (Wildman–Crippen LogP) is 2.59. The van der Waals surface area contributed by atoms with E-state index in [0.717, 1.165) is 24.3 Å². The van der Waals surface area contributed by atoms with Crippen LogP contribution >= 0.6 is 11.6 Å². The highest BCUT2D eigenvalue weighted by Crippen LogP contribution is 2.36. The zero-order valence-electron chi connectivity index (χ0n) is 13.3. The van der Waals surface area contributed by atoms with Crippen molar-refractivity contribution in [2.75, 3.05) is 32.7 Å². The monoisotopic (exact) mass is 352 g/mol. The second-order valence-corrected chi connectivity index (χ2v) is 6.00. The molecule has 9 heteroatoms. The summed E-state index contributed by atoms with van der Waals surface area (Å²) in [5.41, 5.74) is -1.00. The van der Waals surface area contributed by atoms with Crippen LogP contribution in [-0.4, -0.2) is 58.2 Å². The second-order valence-electron chi connectivity index (χ2n) is 5.63. The van der Waals surface area contributed by atoms with Crippen molar-refractivity contribution in [3.05, 3.63) is 16.4 Å². The van der Waals surface area contributed by atoms with Gasteiger partial charge in [0.2, 0.25) is 5.91 Å². The average Bonchev–Trinajstić information content (AvgIpc) is 2.82. The molecule has 1 fully saturated rings. The molecule has 0 aliphatic carbocycles. The van der Waals surface area contributed by atoms with Gasteiger partial charge in [0.15, 0.2) is 5.69 Å².